The number of aryl methyl sites for hydroxylation is 1. The van der Waals surface area contributed by atoms with E-state index in [0.29, 0.717) is 6.42 Å². The van der Waals surface area contributed by atoms with Crippen molar-refractivity contribution in [2.75, 3.05) is 0 Å². The summed E-state index contributed by atoms with van der Waals surface area (Å²) in [5.41, 5.74) is 5.32. The largest absolute Gasteiger partial charge is 0.478 e. The number of aromatic carboxylic acids is 1. The van der Waals surface area contributed by atoms with Crippen molar-refractivity contribution in [3.8, 4) is 28.6 Å². The first-order valence-corrected chi connectivity index (χ1v) is 9.28. The minimum atomic E-state index is -0.956. The van der Waals surface area contributed by atoms with Crippen molar-refractivity contribution in [2.45, 2.75) is 32.6 Å². The van der Waals surface area contributed by atoms with Gasteiger partial charge in [0.2, 0.25) is 0 Å². The van der Waals surface area contributed by atoms with Gasteiger partial charge in [-0.3, -0.25) is 4.98 Å². The number of aromatic nitrogens is 2. The Kier molecular flexibility index (Phi) is 6.13. The maximum absolute atomic E-state index is 11.1. The molecule has 3 aromatic rings. The Bertz CT molecular complexity index is 1000. The highest BCUT2D eigenvalue weighted by atomic mass is 16.4. The quantitative estimate of drug-likeness (QED) is 0.637. The molecule has 5 nitrogen and oxygen atoms in total. The second-order valence-corrected chi connectivity index (χ2v) is 6.58. The number of hydrogen-bond donors (Lipinski definition) is 1. The molecule has 0 radical (unpaired) electrons. The summed E-state index contributed by atoms with van der Waals surface area (Å²) in [6, 6.07) is 16.6. The molecule has 0 bridgehead atoms. The van der Waals surface area contributed by atoms with Gasteiger partial charge in [0, 0.05) is 17.3 Å². The highest BCUT2D eigenvalue weighted by Gasteiger charge is 2.13. The van der Waals surface area contributed by atoms with Crippen LogP contribution in [0.25, 0.3) is 22.5 Å². The lowest BCUT2D eigenvalue weighted by molar-refractivity contribution is 0.0697. The Morgan fingerprint density at radius 3 is 2.29 bits per heavy atom. The molecule has 1 N–H and O–H groups in total. The predicted molar refractivity (Wildman–Crippen MR) is 108 cm³/mol. The van der Waals surface area contributed by atoms with Crippen molar-refractivity contribution in [3.05, 3.63) is 71.5 Å². The van der Waals surface area contributed by atoms with E-state index in [1.807, 2.05) is 30.5 Å². The molecule has 2 aromatic carbocycles. The maximum atomic E-state index is 11.1. The molecule has 1 aromatic heterocycles. The van der Waals surface area contributed by atoms with Gasteiger partial charge < -0.3 is 5.11 Å². The molecule has 1 heterocycles. The Balaban J connectivity index is 2.05. The summed E-state index contributed by atoms with van der Waals surface area (Å²) in [4.78, 5) is 20.6. The fourth-order valence-electron chi connectivity index (χ4n) is 2.96. The van der Waals surface area contributed by atoms with Gasteiger partial charge in [-0.25, -0.2) is 9.78 Å². The number of hydrogen-bond acceptors (Lipinski definition) is 4. The van der Waals surface area contributed by atoms with E-state index < -0.39 is 5.97 Å². The highest BCUT2D eigenvalue weighted by molar-refractivity contribution is 5.88. The SMILES string of the molecule is CCCCc1cnc(-c2ccc(CC#N)cc2)c(-c2ccc(C(=O)O)cc2)n1. The van der Waals surface area contributed by atoms with Crippen molar-refractivity contribution in [3.63, 3.8) is 0 Å². The molecule has 0 amide bonds. The summed E-state index contributed by atoms with van der Waals surface area (Å²) in [6.07, 6.45) is 5.14. The van der Waals surface area contributed by atoms with Crippen LogP contribution in [0.2, 0.25) is 0 Å². The van der Waals surface area contributed by atoms with Gasteiger partial charge in [-0.1, -0.05) is 49.7 Å². The van der Waals surface area contributed by atoms with Crippen LogP contribution in [0.5, 0.6) is 0 Å². The minimum Gasteiger partial charge on any atom is -0.478 e. The third-order valence-electron chi connectivity index (χ3n) is 4.52. The number of unbranched alkanes of at least 4 members (excludes halogenated alkanes) is 1. The number of nitriles is 1. The van der Waals surface area contributed by atoms with E-state index in [1.165, 1.54) is 0 Å². The maximum Gasteiger partial charge on any atom is 0.335 e. The smallest absolute Gasteiger partial charge is 0.335 e. The van der Waals surface area contributed by atoms with Crippen LogP contribution in [0.15, 0.2) is 54.7 Å². The van der Waals surface area contributed by atoms with Crippen molar-refractivity contribution in [2.24, 2.45) is 0 Å². The average Bonchev–Trinajstić information content (AvgIpc) is 2.73. The molecule has 0 fully saturated rings. The van der Waals surface area contributed by atoms with E-state index >= 15 is 0 Å². The fourth-order valence-corrected chi connectivity index (χ4v) is 2.96. The van der Waals surface area contributed by atoms with Crippen LogP contribution in [-0.2, 0) is 12.8 Å². The van der Waals surface area contributed by atoms with Crippen LogP contribution in [0, 0.1) is 11.3 Å². The zero-order chi connectivity index (χ0) is 19.9. The van der Waals surface area contributed by atoms with Crippen LogP contribution in [0.4, 0.5) is 0 Å². The van der Waals surface area contributed by atoms with E-state index in [0.717, 1.165) is 53.0 Å². The fraction of sp³-hybridized carbons (Fsp3) is 0.217. The zero-order valence-electron chi connectivity index (χ0n) is 15.7. The third kappa shape index (κ3) is 4.41. The number of benzene rings is 2. The first-order chi connectivity index (χ1) is 13.6. The molecule has 0 aliphatic heterocycles. The van der Waals surface area contributed by atoms with Gasteiger partial charge in [0.05, 0.1) is 35.1 Å². The molecule has 0 spiro atoms. The average molecular weight is 371 g/mol. The molecule has 140 valence electrons. The number of nitrogens with zero attached hydrogens (tertiary/aromatic N) is 3. The summed E-state index contributed by atoms with van der Waals surface area (Å²) in [6.45, 7) is 2.14. The van der Waals surface area contributed by atoms with E-state index in [2.05, 4.69) is 18.0 Å². The lowest BCUT2D eigenvalue weighted by Crippen LogP contribution is -2.00. The number of carboxylic acid groups (broad SMARTS) is 1. The molecular formula is C23H21N3O2. The van der Waals surface area contributed by atoms with E-state index in [1.54, 1.807) is 24.3 Å². The molecule has 0 aliphatic carbocycles. The van der Waals surface area contributed by atoms with Crippen molar-refractivity contribution >= 4 is 5.97 Å². The first kappa shape index (κ1) is 19.2. The van der Waals surface area contributed by atoms with Crippen LogP contribution < -0.4 is 0 Å². The molecule has 5 heteroatoms. The second kappa shape index (κ2) is 8.92. The minimum absolute atomic E-state index is 0.237. The lowest BCUT2D eigenvalue weighted by Gasteiger charge is -2.11. The number of carboxylic acids is 1. The topological polar surface area (TPSA) is 86.9 Å². The molecule has 0 unspecified atom stereocenters. The molecule has 0 aliphatic rings. The molecule has 0 saturated carbocycles. The standard InChI is InChI=1S/C23H21N3O2/c1-2-3-4-20-15-25-21(17-7-5-16(6-8-17)13-14-24)22(26-20)18-9-11-19(12-10-18)23(27)28/h5-12,15H,2-4,13H2,1H3,(H,27,28). The first-order valence-electron chi connectivity index (χ1n) is 9.28. The predicted octanol–water partition coefficient (Wildman–Crippen LogP) is 4.92. The zero-order valence-corrected chi connectivity index (χ0v) is 15.7. The molecule has 28 heavy (non-hydrogen) atoms. The summed E-state index contributed by atoms with van der Waals surface area (Å²) in [5.74, 6) is -0.956. The van der Waals surface area contributed by atoms with Gasteiger partial charge in [0.1, 0.15) is 0 Å². The summed E-state index contributed by atoms with van der Waals surface area (Å²) in [5, 5.41) is 18.0. The Hall–Kier alpha value is -3.52. The van der Waals surface area contributed by atoms with Crippen LogP contribution in [0.3, 0.4) is 0 Å². The molecule has 3 rings (SSSR count). The van der Waals surface area contributed by atoms with E-state index in [9.17, 15) is 4.79 Å². The third-order valence-corrected chi connectivity index (χ3v) is 4.52. The Morgan fingerprint density at radius 2 is 1.68 bits per heavy atom. The molecular weight excluding hydrogens is 350 g/mol. The van der Waals surface area contributed by atoms with E-state index in [4.69, 9.17) is 15.4 Å². The summed E-state index contributed by atoms with van der Waals surface area (Å²) in [7, 11) is 0. The van der Waals surface area contributed by atoms with Gasteiger partial charge in [-0.15, -0.1) is 0 Å². The highest BCUT2D eigenvalue weighted by Crippen LogP contribution is 2.29. The van der Waals surface area contributed by atoms with Gasteiger partial charge >= 0.3 is 5.97 Å². The van der Waals surface area contributed by atoms with Gasteiger partial charge in [0.15, 0.2) is 0 Å². The summed E-state index contributed by atoms with van der Waals surface area (Å²) >= 11 is 0. The summed E-state index contributed by atoms with van der Waals surface area (Å²) < 4.78 is 0. The van der Waals surface area contributed by atoms with Crippen molar-refractivity contribution in [1.29, 1.82) is 5.26 Å². The normalized spacial score (nSPS) is 10.4. The monoisotopic (exact) mass is 371 g/mol. The number of carbonyl (C=O) groups is 1. The second-order valence-electron chi connectivity index (χ2n) is 6.58. The van der Waals surface area contributed by atoms with Crippen molar-refractivity contribution in [1.82, 2.24) is 9.97 Å². The van der Waals surface area contributed by atoms with Crippen LogP contribution in [0.1, 0.15) is 41.4 Å². The van der Waals surface area contributed by atoms with Gasteiger partial charge in [-0.05, 0) is 30.5 Å². The van der Waals surface area contributed by atoms with Crippen LogP contribution in [-0.4, -0.2) is 21.0 Å². The van der Waals surface area contributed by atoms with Gasteiger partial charge in [-0.2, -0.15) is 5.26 Å². The number of rotatable bonds is 7. The molecule has 0 saturated heterocycles. The Morgan fingerprint density at radius 1 is 1.04 bits per heavy atom. The molecule has 0 atom stereocenters. The lowest BCUT2D eigenvalue weighted by atomic mass is 10.0. The Labute approximate surface area is 164 Å². The van der Waals surface area contributed by atoms with E-state index in [-0.39, 0.29) is 5.56 Å². The van der Waals surface area contributed by atoms with Crippen molar-refractivity contribution < 1.29 is 9.90 Å². The van der Waals surface area contributed by atoms with Gasteiger partial charge in [0.25, 0.3) is 0 Å². The van der Waals surface area contributed by atoms with Crippen LogP contribution >= 0.6 is 0 Å².